The average molecular weight is 527 g/mol. The Morgan fingerprint density at radius 1 is 1.10 bits per heavy atom. The predicted octanol–water partition coefficient (Wildman–Crippen LogP) is 3.92. The van der Waals surface area contributed by atoms with Crippen LogP contribution in [0.4, 0.5) is 5.82 Å². The van der Waals surface area contributed by atoms with Crippen molar-refractivity contribution in [3.8, 4) is 0 Å². The molecule has 3 unspecified atom stereocenters. The van der Waals surface area contributed by atoms with E-state index >= 15 is 0 Å². The van der Waals surface area contributed by atoms with E-state index in [-0.39, 0.29) is 18.0 Å². The van der Waals surface area contributed by atoms with E-state index in [0.29, 0.717) is 45.0 Å². The number of aryl methyl sites for hydroxylation is 2. The normalized spacial score (nSPS) is 23.6. The number of carbonyl (C=O) groups excluding carboxylic acids is 1. The number of hydrogen-bond donors (Lipinski definition) is 2. The summed E-state index contributed by atoms with van der Waals surface area (Å²) in [5.41, 5.74) is 2.90. The molecule has 2 aromatic carbocycles. The molecule has 2 aliphatic heterocycles. The van der Waals surface area contributed by atoms with Gasteiger partial charge in [0.2, 0.25) is 5.91 Å². The van der Waals surface area contributed by atoms with Crippen molar-refractivity contribution in [3.05, 3.63) is 83.0 Å². The second-order valence-electron chi connectivity index (χ2n) is 10.4. The quantitative estimate of drug-likeness (QED) is 0.403. The predicted molar refractivity (Wildman–Crippen MR) is 149 cm³/mol. The Morgan fingerprint density at radius 3 is 2.67 bits per heavy atom. The van der Waals surface area contributed by atoms with Crippen LogP contribution in [0.15, 0.2) is 59.1 Å². The average Bonchev–Trinajstić information content (AvgIpc) is 3.33. The number of hydrogen-bond acceptors (Lipinski definition) is 8. The molecule has 2 fully saturated rings. The van der Waals surface area contributed by atoms with Crippen LogP contribution >= 0.6 is 0 Å². The SMILES string of the molecule is CNC(=O)C1(c2nc(N3CCOCC3c3ccccc3)c3ccccc3n2)CCNC(c2c(C)noc2C)C1. The van der Waals surface area contributed by atoms with Crippen molar-refractivity contribution in [1.82, 2.24) is 25.8 Å². The molecule has 1 amide bonds. The summed E-state index contributed by atoms with van der Waals surface area (Å²) in [6.07, 6.45) is 1.08. The van der Waals surface area contributed by atoms with Crippen molar-refractivity contribution in [3.63, 3.8) is 0 Å². The van der Waals surface area contributed by atoms with Crippen LogP contribution in [0.1, 0.15) is 53.3 Å². The minimum absolute atomic E-state index is 0.00475. The van der Waals surface area contributed by atoms with Gasteiger partial charge in [0.1, 0.15) is 22.8 Å². The van der Waals surface area contributed by atoms with Gasteiger partial charge in [-0.1, -0.05) is 47.6 Å². The van der Waals surface area contributed by atoms with Crippen LogP contribution in [0, 0.1) is 13.8 Å². The van der Waals surface area contributed by atoms with Crippen LogP contribution in [0.3, 0.4) is 0 Å². The topological polar surface area (TPSA) is 105 Å². The van der Waals surface area contributed by atoms with Crippen molar-refractivity contribution in [2.24, 2.45) is 0 Å². The molecule has 0 radical (unpaired) electrons. The van der Waals surface area contributed by atoms with E-state index in [4.69, 9.17) is 19.2 Å². The lowest BCUT2D eigenvalue weighted by molar-refractivity contribution is -0.128. The van der Waals surface area contributed by atoms with Gasteiger partial charge in [-0.25, -0.2) is 9.97 Å². The monoisotopic (exact) mass is 526 g/mol. The number of aromatic nitrogens is 3. The minimum Gasteiger partial charge on any atom is -0.377 e. The number of nitrogens with one attached hydrogen (secondary N) is 2. The van der Waals surface area contributed by atoms with Crippen molar-refractivity contribution in [1.29, 1.82) is 0 Å². The van der Waals surface area contributed by atoms with Crippen LogP contribution in [-0.4, -0.2) is 54.4 Å². The van der Waals surface area contributed by atoms with E-state index < -0.39 is 5.41 Å². The zero-order valence-electron chi connectivity index (χ0n) is 22.6. The first-order valence-electron chi connectivity index (χ1n) is 13.6. The van der Waals surface area contributed by atoms with Crippen LogP contribution in [0.25, 0.3) is 10.9 Å². The van der Waals surface area contributed by atoms with Gasteiger partial charge in [-0.15, -0.1) is 0 Å². The van der Waals surface area contributed by atoms with Gasteiger partial charge in [0.05, 0.1) is 30.5 Å². The smallest absolute Gasteiger partial charge is 0.233 e. The van der Waals surface area contributed by atoms with Gasteiger partial charge in [0.15, 0.2) is 0 Å². The maximum Gasteiger partial charge on any atom is 0.233 e. The number of benzene rings is 2. The molecular formula is C30H34N6O3. The Morgan fingerprint density at radius 2 is 1.90 bits per heavy atom. The molecular weight excluding hydrogens is 492 g/mol. The molecule has 2 saturated heterocycles. The lowest BCUT2D eigenvalue weighted by Gasteiger charge is -2.41. The summed E-state index contributed by atoms with van der Waals surface area (Å²) in [5.74, 6) is 2.07. The number of nitrogens with zero attached hydrogens (tertiary/aromatic N) is 4. The number of para-hydroxylation sites is 1. The lowest BCUT2D eigenvalue weighted by atomic mass is 9.72. The lowest BCUT2D eigenvalue weighted by Crippen LogP contribution is -2.52. The number of carbonyl (C=O) groups is 1. The summed E-state index contributed by atoms with van der Waals surface area (Å²) < 4.78 is 11.4. The molecule has 4 aromatic rings. The molecule has 202 valence electrons. The molecule has 0 spiro atoms. The van der Waals surface area contributed by atoms with E-state index in [1.807, 2.05) is 38.1 Å². The van der Waals surface area contributed by atoms with E-state index in [1.54, 1.807) is 7.05 Å². The number of rotatable bonds is 5. The van der Waals surface area contributed by atoms with Crippen molar-refractivity contribution in [2.45, 2.75) is 44.2 Å². The first-order valence-corrected chi connectivity index (χ1v) is 13.6. The van der Waals surface area contributed by atoms with Gasteiger partial charge in [0.25, 0.3) is 0 Å². The van der Waals surface area contributed by atoms with Gasteiger partial charge in [0, 0.05) is 30.6 Å². The van der Waals surface area contributed by atoms with Gasteiger partial charge >= 0.3 is 0 Å². The van der Waals surface area contributed by atoms with E-state index in [0.717, 1.165) is 33.7 Å². The summed E-state index contributed by atoms with van der Waals surface area (Å²) in [7, 11) is 1.69. The van der Waals surface area contributed by atoms with E-state index in [2.05, 4.69) is 51.0 Å². The Balaban J connectivity index is 1.50. The number of ether oxygens (including phenoxy) is 1. The van der Waals surface area contributed by atoms with Gasteiger partial charge in [-0.3, -0.25) is 4.79 Å². The van der Waals surface area contributed by atoms with Gasteiger partial charge in [-0.2, -0.15) is 0 Å². The number of likely N-dealkylation sites (N-methyl/N-ethyl adjacent to an activating group) is 1. The number of piperidine rings is 1. The van der Waals surface area contributed by atoms with Crippen LogP contribution in [-0.2, 0) is 14.9 Å². The van der Waals surface area contributed by atoms with Crippen molar-refractivity contribution < 1.29 is 14.1 Å². The summed E-state index contributed by atoms with van der Waals surface area (Å²) in [4.78, 5) is 26.4. The number of fused-ring (bicyclic) bond motifs is 1. The molecule has 39 heavy (non-hydrogen) atoms. The number of morpholine rings is 1. The van der Waals surface area contributed by atoms with Crippen LogP contribution in [0.2, 0.25) is 0 Å². The van der Waals surface area contributed by atoms with E-state index in [1.165, 1.54) is 5.56 Å². The highest BCUT2D eigenvalue weighted by atomic mass is 16.5. The largest absolute Gasteiger partial charge is 0.377 e. The highest BCUT2D eigenvalue weighted by Gasteiger charge is 2.48. The third-order valence-electron chi connectivity index (χ3n) is 8.19. The fourth-order valence-corrected chi connectivity index (χ4v) is 6.23. The minimum atomic E-state index is -0.922. The number of amides is 1. The van der Waals surface area contributed by atoms with Crippen LogP contribution in [0.5, 0.6) is 0 Å². The maximum atomic E-state index is 13.8. The first kappa shape index (κ1) is 25.5. The molecule has 2 aliphatic rings. The maximum absolute atomic E-state index is 13.8. The summed E-state index contributed by atoms with van der Waals surface area (Å²) in [6, 6.07) is 18.3. The Labute approximate surface area is 227 Å². The second-order valence-corrected chi connectivity index (χ2v) is 10.4. The molecule has 9 heteroatoms. The molecule has 2 aromatic heterocycles. The molecule has 0 bridgehead atoms. The molecule has 0 saturated carbocycles. The molecule has 2 N–H and O–H groups in total. The number of anilines is 1. The summed E-state index contributed by atoms with van der Waals surface area (Å²) in [5, 5.41) is 11.6. The van der Waals surface area contributed by atoms with Crippen molar-refractivity contribution >= 4 is 22.6 Å². The molecule has 6 rings (SSSR count). The van der Waals surface area contributed by atoms with Gasteiger partial charge < -0.3 is 24.8 Å². The molecule has 0 aliphatic carbocycles. The summed E-state index contributed by atoms with van der Waals surface area (Å²) >= 11 is 0. The fourth-order valence-electron chi connectivity index (χ4n) is 6.23. The zero-order chi connectivity index (χ0) is 27.0. The standard InChI is InChI=1S/C30H34N6O3/c1-19-26(20(2)39-35-19)24-17-30(13-14-32-24,29(37)31-3)28-33-23-12-8-7-11-22(23)27(34-28)36-15-16-38-18-25(36)21-9-5-4-6-10-21/h4-12,24-25,32H,13-18H2,1-3H3,(H,31,37). The third kappa shape index (κ3) is 4.45. The molecule has 4 heterocycles. The summed E-state index contributed by atoms with van der Waals surface area (Å²) in [6.45, 7) is 6.36. The highest BCUT2D eigenvalue weighted by Crippen LogP contribution is 2.43. The Hall–Kier alpha value is -3.82. The zero-order valence-corrected chi connectivity index (χ0v) is 22.6. The van der Waals surface area contributed by atoms with Gasteiger partial charge in [-0.05, 0) is 50.9 Å². The Bertz CT molecular complexity index is 1470. The molecule has 9 nitrogen and oxygen atoms in total. The van der Waals surface area contributed by atoms with E-state index in [9.17, 15) is 4.79 Å². The third-order valence-corrected chi connectivity index (χ3v) is 8.19. The highest BCUT2D eigenvalue weighted by molar-refractivity contribution is 5.92. The first-order chi connectivity index (χ1) is 19.0. The molecule has 3 atom stereocenters. The fraction of sp³-hybridized carbons (Fsp3) is 0.400. The van der Waals surface area contributed by atoms with Crippen molar-refractivity contribution in [2.75, 3.05) is 38.3 Å². The van der Waals surface area contributed by atoms with Crippen LogP contribution < -0.4 is 15.5 Å². The second kappa shape index (κ2) is 10.4. The Kier molecular flexibility index (Phi) is 6.78.